The van der Waals surface area contributed by atoms with Gasteiger partial charge >= 0.3 is 6.03 Å². The van der Waals surface area contributed by atoms with Crippen LogP contribution in [0.1, 0.15) is 18.4 Å². The van der Waals surface area contributed by atoms with E-state index in [0.717, 1.165) is 30.7 Å². The molecule has 3 aromatic rings. The van der Waals surface area contributed by atoms with E-state index in [-0.39, 0.29) is 12.1 Å². The minimum absolute atomic E-state index is 0.0564. The van der Waals surface area contributed by atoms with Crippen LogP contribution in [-0.2, 0) is 11.3 Å². The molecule has 2 amide bonds. The third-order valence-corrected chi connectivity index (χ3v) is 5.22. The molecule has 1 N–H and O–H groups in total. The van der Waals surface area contributed by atoms with Gasteiger partial charge < -0.3 is 9.64 Å². The van der Waals surface area contributed by atoms with Gasteiger partial charge in [0, 0.05) is 38.3 Å². The van der Waals surface area contributed by atoms with Crippen LogP contribution in [0.25, 0.3) is 10.7 Å². The summed E-state index contributed by atoms with van der Waals surface area (Å²) in [5.74, 6) is 0. The topological polar surface area (TPSA) is 93.1 Å². The average Bonchev–Trinajstić information content (AvgIpc) is 3.41. The molecular weight excluding hydrogens is 376 g/mol. The maximum atomic E-state index is 12.9. The Morgan fingerprint density at radius 2 is 2.21 bits per heavy atom. The fourth-order valence-electron chi connectivity index (χ4n) is 3.00. The first-order valence-electron chi connectivity index (χ1n) is 9.09. The minimum Gasteiger partial charge on any atom is -0.376 e. The van der Waals surface area contributed by atoms with Gasteiger partial charge in [-0.2, -0.15) is 0 Å². The molecule has 1 fully saturated rings. The normalized spacial score (nSPS) is 16.1. The Bertz CT molecular complexity index is 899. The van der Waals surface area contributed by atoms with Crippen LogP contribution >= 0.6 is 11.3 Å². The van der Waals surface area contributed by atoms with Crippen molar-refractivity contribution < 1.29 is 9.53 Å². The van der Waals surface area contributed by atoms with E-state index in [0.29, 0.717) is 23.2 Å². The lowest BCUT2D eigenvalue weighted by atomic mass is 10.2. The monoisotopic (exact) mass is 396 g/mol. The summed E-state index contributed by atoms with van der Waals surface area (Å²) in [6.45, 7) is 1.72. The summed E-state index contributed by atoms with van der Waals surface area (Å²) in [5.41, 5.74) is 1.69. The first-order chi connectivity index (χ1) is 13.8. The second-order valence-electron chi connectivity index (χ2n) is 6.43. The molecule has 9 heteroatoms. The van der Waals surface area contributed by atoms with Crippen molar-refractivity contribution in [1.29, 1.82) is 0 Å². The van der Waals surface area contributed by atoms with E-state index in [1.807, 2.05) is 30.3 Å². The molecule has 0 saturated carbocycles. The summed E-state index contributed by atoms with van der Waals surface area (Å²) in [4.78, 5) is 23.0. The Labute approximate surface area is 166 Å². The molecule has 0 aromatic carbocycles. The van der Waals surface area contributed by atoms with Crippen LogP contribution in [0.2, 0.25) is 0 Å². The zero-order valence-electron chi connectivity index (χ0n) is 15.2. The lowest BCUT2D eigenvalue weighted by Gasteiger charge is -2.25. The number of hydrogen-bond acceptors (Lipinski definition) is 7. The number of urea groups is 1. The molecule has 4 rings (SSSR count). The molecule has 1 aliphatic rings. The van der Waals surface area contributed by atoms with Crippen LogP contribution in [0, 0.1) is 0 Å². The number of rotatable bonds is 6. The van der Waals surface area contributed by atoms with Crippen LogP contribution < -0.4 is 5.32 Å². The molecule has 0 bridgehead atoms. The average molecular weight is 396 g/mol. The van der Waals surface area contributed by atoms with E-state index in [9.17, 15) is 4.79 Å². The van der Waals surface area contributed by atoms with Crippen molar-refractivity contribution >= 4 is 22.5 Å². The first-order valence-corrected chi connectivity index (χ1v) is 9.91. The van der Waals surface area contributed by atoms with Crippen LogP contribution in [0.5, 0.6) is 0 Å². The van der Waals surface area contributed by atoms with Crippen molar-refractivity contribution in [3.8, 4) is 10.7 Å². The fourth-order valence-corrected chi connectivity index (χ4v) is 3.71. The molecule has 0 spiro atoms. The molecular formula is C19H20N6O2S. The Morgan fingerprint density at radius 3 is 2.96 bits per heavy atom. The van der Waals surface area contributed by atoms with Gasteiger partial charge in [-0.1, -0.05) is 23.5 Å². The van der Waals surface area contributed by atoms with Gasteiger partial charge in [0.25, 0.3) is 0 Å². The van der Waals surface area contributed by atoms with E-state index in [1.54, 1.807) is 23.5 Å². The first kappa shape index (κ1) is 18.5. The fraction of sp³-hybridized carbons (Fsp3) is 0.316. The SMILES string of the molecule is O=C(Nc1nnc(-c2ccccn2)s1)N(Cc1cccnc1)C[C@H]1CCCO1. The molecule has 0 radical (unpaired) electrons. The third-order valence-electron chi connectivity index (χ3n) is 4.35. The number of aromatic nitrogens is 4. The lowest BCUT2D eigenvalue weighted by molar-refractivity contribution is 0.0819. The largest absolute Gasteiger partial charge is 0.376 e. The van der Waals surface area contributed by atoms with Crippen molar-refractivity contribution in [1.82, 2.24) is 25.1 Å². The molecule has 28 heavy (non-hydrogen) atoms. The summed E-state index contributed by atoms with van der Waals surface area (Å²) in [6.07, 6.45) is 7.22. The zero-order valence-corrected chi connectivity index (χ0v) is 16.0. The number of carbonyl (C=O) groups is 1. The number of anilines is 1. The van der Waals surface area contributed by atoms with Gasteiger partial charge in [-0.3, -0.25) is 15.3 Å². The van der Waals surface area contributed by atoms with Crippen molar-refractivity contribution in [3.05, 3.63) is 54.5 Å². The Hall–Kier alpha value is -2.91. The van der Waals surface area contributed by atoms with Crippen molar-refractivity contribution in [2.45, 2.75) is 25.5 Å². The highest BCUT2D eigenvalue weighted by molar-refractivity contribution is 7.18. The third kappa shape index (κ3) is 4.68. The number of hydrogen-bond donors (Lipinski definition) is 1. The predicted molar refractivity (Wildman–Crippen MR) is 106 cm³/mol. The van der Waals surface area contributed by atoms with Crippen molar-refractivity contribution in [2.24, 2.45) is 0 Å². The van der Waals surface area contributed by atoms with Gasteiger partial charge in [-0.15, -0.1) is 10.2 Å². The van der Waals surface area contributed by atoms with Crippen LogP contribution in [0.4, 0.5) is 9.93 Å². The van der Waals surface area contributed by atoms with Gasteiger partial charge in [0.15, 0.2) is 5.01 Å². The molecule has 1 atom stereocenters. The summed E-state index contributed by atoms with van der Waals surface area (Å²) < 4.78 is 5.71. The number of nitrogens with zero attached hydrogens (tertiary/aromatic N) is 5. The van der Waals surface area contributed by atoms with E-state index in [1.165, 1.54) is 11.3 Å². The zero-order chi connectivity index (χ0) is 19.2. The number of nitrogens with one attached hydrogen (secondary N) is 1. The van der Waals surface area contributed by atoms with Crippen LogP contribution in [0.3, 0.4) is 0 Å². The van der Waals surface area contributed by atoms with E-state index in [4.69, 9.17) is 4.74 Å². The lowest BCUT2D eigenvalue weighted by Crippen LogP contribution is -2.39. The maximum absolute atomic E-state index is 12.9. The highest BCUT2D eigenvalue weighted by Gasteiger charge is 2.24. The number of carbonyl (C=O) groups excluding carboxylic acids is 1. The number of ether oxygens (including phenoxy) is 1. The Morgan fingerprint density at radius 1 is 1.25 bits per heavy atom. The van der Waals surface area contributed by atoms with Gasteiger partial charge in [0.2, 0.25) is 5.13 Å². The van der Waals surface area contributed by atoms with E-state index >= 15 is 0 Å². The van der Waals surface area contributed by atoms with Crippen LogP contribution in [-0.4, -0.2) is 50.4 Å². The predicted octanol–water partition coefficient (Wildman–Crippen LogP) is 3.21. The number of amides is 2. The summed E-state index contributed by atoms with van der Waals surface area (Å²) in [6, 6.07) is 9.17. The van der Waals surface area contributed by atoms with Gasteiger partial charge in [-0.25, -0.2) is 4.79 Å². The molecule has 1 saturated heterocycles. The highest BCUT2D eigenvalue weighted by atomic mass is 32.1. The van der Waals surface area contributed by atoms with Crippen molar-refractivity contribution in [3.63, 3.8) is 0 Å². The second-order valence-corrected chi connectivity index (χ2v) is 7.41. The molecule has 1 aliphatic heterocycles. The summed E-state index contributed by atoms with van der Waals surface area (Å²) in [7, 11) is 0. The summed E-state index contributed by atoms with van der Waals surface area (Å²) >= 11 is 1.29. The van der Waals surface area contributed by atoms with Gasteiger partial charge in [0.05, 0.1) is 6.10 Å². The molecule has 0 unspecified atom stereocenters. The quantitative estimate of drug-likeness (QED) is 0.688. The Balaban J connectivity index is 1.46. The van der Waals surface area contributed by atoms with Crippen molar-refractivity contribution in [2.75, 3.05) is 18.5 Å². The minimum atomic E-state index is -0.233. The summed E-state index contributed by atoms with van der Waals surface area (Å²) in [5, 5.41) is 12.2. The molecule has 0 aliphatic carbocycles. The van der Waals surface area contributed by atoms with Gasteiger partial charge in [0.1, 0.15) is 5.69 Å². The van der Waals surface area contributed by atoms with E-state index < -0.39 is 0 Å². The van der Waals surface area contributed by atoms with E-state index in [2.05, 4.69) is 25.5 Å². The maximum Gasteiger partial charge on any atom is 0.324 e. The highest BCUT2D eigenvalue weighted by Crippen LogP contribution is 2.25. The molecule has 4 heterocycles. The second kappa shape index (κ2) is 8.85. The smallest absolute Gasteiger partial charge is 0.324 e. The molecule has 3 aromatic heterocycles. The Kier molecular flexibility index (Phi) is 5.83. The molecule has 8 nitrogen and oxygen atoms in total. The molecule has 144 valence electrons. The number of pyridine rings is 2. The van der Waals surface area contributed by atoms with Crippen LogP contribution in [0.15, 0.2) is 48.9 Å². The standard InChI is InChI=1S/C19H20N6O2S/c26-19(22-18-24-23-17(28-18)16-7-1-2-9-21-16)25(13-15-6-4-10-27-15)12-14-5-3-8-20-11-14/h1-3,5,7-9,11,15H,4,6,10,12-13H2,(H,22,24,26)/t15-/m1/s1. The van der Waals surface area contributed by atoms with Gasteiger partial charge in [-0.05, 0) is 36.6 Å².